The van der Waals surface area contributed by atoms with Gasteiger partial charge in [0.1, 0.15) is 18.1 Å². The average molecular weight is 415 g/mol. The van der Waals surface area contributed by atoms with Crippen molar-refractivity contribution in [3.8, 4) is 11.5 Å². The van der Waals surface area contributed by atoms with E-state index in [1.54, 1.807) is 19.1 Å². The summed E-state index contributed by atoms with van der Waals surface area (Å²) in [5.74, 6) is 0.995. The number of ether oxygens (including phenoxy) is 2. The Balaban J connectivity index is 1.46. The van der Waals surface area contributed by atoms with Crippen molar-refractivity contribution in [2.75, 3.05) is 0 Å². The number of hydrogen-bond acceptors (Lipinski definition) is 4. The van der Waals surface area contributed by atoms with E-state index < -0.39 is 6.10 Å². The molecule has 5 nitrogen and oxygen atoms in total. The van der Waals surface area contributed by atoms with Gasteiger partial charge in [-0.15, -0.1) is 0 Å². The Morgan fingerprint density at radius 3 is 2.23 bits per heavy atom. The Bertz CT molecular complexity index is 1010. The second-order valence-corrected chi connectivity index (χ2v) is 6.98. The minimum atomic E-state index is -0.689. The van der Waals surface area contributed by atoms with E-state index in [0.717, 1.165) is 16.9 Å². The third kappa shape index (κ3) is 7.48. The number of carbonyl (C=O) groups excluding carboxylic acids is 1. The van der Waals surface area contributed by atoms with E-state index in [2.05, 4.69) is 10.5 Å². The third-order valence-corrected chi connectivity index (χ3v) is 4.41. The molecule has 3 aromatic rings. The number of hydrazone groups is 1. The molecule has 0 aliphatic carbocycles. The van der Waals surface area contributed by atoms with Crippen LogP contribution >= 0.6 is 0 Å². The summed E-state index contributed by atoms with van der Waals surface area (Å²) in [4.78, 5) is 12.3. The number of benzene rings is 3. The number of amides is 1. The molecule has 31 heavy (non-hydrogen) atoms. The first kappa shape index (κ1) is 21.8. The molecule has 1 atom stereocenters. The standard InChI is InChI=1S/C26H26N2O3/c1-20(13-14-22-9-5-3-6-10-22)27-28-26(29)21(2)31-25-17-15-24(16-18-25)30-19-23-11-7-4-8-12-23/h3-18,21H,19H2,1-2H3,(H,28,29)/b14-13+,27-20+. The van der Waals surface area contributed by atoms with Crippen LogP contribution in [0.4, 0.5) is 0 Å². The number of rotatable bonds is 9. The van der Waals surface area contributed by atoms with Gasteiger partial charge in [-0.2, -0.15) is 5.10 Å². The van der Waals surface area contributed by atoms with Gasteiger partial charge < -0.3 is 9.47 Å². The molecule has 0 radical (unpaired) electrons. The van der Waals surface area contributed by atoms with Gasteiger partial charge in [-0.05, 0) is 55.3 Å². The summed E-state index contributed by atoms with van der Waals surface area (Å²) in [5, 5.41) is 4.10. The van der Waals surface area contributed by atoms with Gasteiger partial charge in [-0.25, -0.2) is 5.43 Å². The molecule has 1 unspecified atom stereocenters. The van der Waals surface area contributed by atoms with E-state index in [-0.39, 0.29) is 5.91 Å². The summed E-state index contributed by atoms with van der Waals surface area (Å²) < 4.78 is 11.5. The highest BCUT2D eigenvalue weighted by Crippen LogP contribution is 2.19. The third-order valence-electron chi connectivity index (χ3n) is 4.41. The highest BCUT2D eigenvalue weighted by molar-refractivity contribution is 5.97. The molecule has 158 valence electrons. The quantitative estimate of drug-likeness (QED) is 0.385. The topological polar surface area (TPSA) is 59.9 Å². The molecular weight excluding hydrogens is 388 g/mol. The molecule has 0 aliphatic heterocycles. The lowest BCUT2D eigenvalue weighted by Gasteiger charge is -2.13. The molecule has 0 fully saturated rings. The second kappa shape index (κ2) is 11.4. The fourth-order valence-electron chi connectivity index (χ4n) is 2.67. The zero-order valence-electron chi connectivity index (χ0n) is 17.7. The van der Waals surface area contributed by atoms with Crippen LogP contribution in [-0.4, -0.2) is 17.7 Å². The molecule has 0 aliphatic rings. The zero-order valence-corrected chi connectivity index (χ0v) is 17.7. The molecule has 0 saturated heterocycles. The highest BCUT2D eigenvalue weighted by Gasteiger charge is 2.14. The molecule has 3 rings (SSSR count). The van der Waals surface area contributed by atoms with Crippen molar-refractivity contribution in [1.29, 1.82) is 0 Å². The fourth-order valence-corrected chi connectivity index (χ4v) is 2.67. The van der Waals surface area contributed by atoms with Crippen LogP contribution in [0, 0.1) is 0 Å². The normalized spacial score (nSPS) is 12.4. The minimum Gasteiger partial charge on any atom is -0.489 e. The highest BCUT2D eigenvalue weighted by atomic mass is 16.5. The first-order chi connectivity index (χ1) is 15.1. The molecule has 5 heteroatoms. The van der Waals surface area contributed by atoms with E-state index in [0.29, 0.717) is 18.1 Å². The van der Waals surface area contributed by atoms with E-state index in [1.807, 2.05) is 91.9 Å². The van der Waals surface area contributed by atoms with Crippen molar-refractivity contribution >= 4 is 17.7 Å². The predicted octanol–water partition coefficient (Wildman–Crippen LogP) is 5.24. The molecular formula is C26H26N2O3. The van der Waals surface area contributed by atoms with Gasteiger partial charge in [0.2, 0.25) is 0 Å². The van der Waals surface area contributed by atoms with Crippen LogP contribution in [-0.2, 0) is 11.4 Å². The largest absolute Gasteiger partial charge is 0.489 e. The lowest BCUT2D eigenvalue weighted by molar-refractivity contribution is -0.127. The van der Waals surface area contributed by atoms with Crippen molar-refractivity contribution < 1.29 is 14.3 Å². The maximum absolute atomic E-state index is 12.3. The van der Waals surface area contributed by atoms with Gasteiger partial charge in [0, 0.05) is 0 Å². The van der Waals surface area contributed by atoms with Crippen LogP contribution in [0.25, 0.3) is 6.08 Å². The van der Waals surface area contributed by atoms with Gasteiger partial charge in [-0.1, -0.05) is 66.7 Å². The van der Waals surface area contributed by atoms with Crippen LogP contribution in [0.3, 0.4) is 0 Å². The maximum atomic E-state index is 12.3. The van der Waals surface area contributed by atoms with Crippen molar-refractivity contribution in [3.05, 3.63) is 102 Å². The SMILES string of the molecule is CC(/C=C/c1ccccc1)=N\NC(=O)C(C)Oc1ccc(OCc2ccccc2)cc1. The van der Waals surface area contributed by atoms with Crippen molar-refractivity contribution in [1.82, 2.24) is 5.43 Å². The Hall–Kier alpha value is -3.86. The van der Waals surface area contributed by atoms with Gasteiger partial charge in [0.15, 0.2) is 6.10 Å². The number of allylic oxidation sites excluding steroid dienone is 1. The van der Waals surface area contributed by atoms with Crippen LogP contribution < -0.4 is 14.9 Å². The number of nitrogens with one attached hydrogen (secondary N) is 1. The van der Waals surface area contributed by atoms with Gasteiger partial charge in [0.25, 0.3) is 5.91 Å². The van der Waals surface area contributed by atoms with Gasteiger partial charge in [0.05, 0.1) is 5.71 Å². The molecule has 0 heterocycles. The lowest BCUT2D eigenvalue weighted by Crippen LogP contribution is -2.33. The van der Waals surface area contributed by atoms with Crippen LogP contribution in [0.1, 0.15) is 25.0 Å². The Morgan fingerprint density at radius 2 is 1.55 bits per heavy atom. The van der Waals surface area contributed by atoms with Crippen molar-refractivity contribution in [2.45, 2.75) is 26.6 Å². The average Bonchev–Trinajstić information content (AvgIpc) is 2.82. The summed E-state index contributed by atoms with van der Waals surface area (Å²) >= 11 is 0. The summed E-state index contributed by atoms with van der Waals surface area (Å²) in [6.07, 6.45) is 3.09. The predicted molar refractivity (Wildman–Crippen MR) is 124 cm³/mol. The second-order valence-electron chi connectivity index (χ2n) is 6.98. The molecule has 0 saturated carbocycles. The van der Waals surface area contributed by atoms with Crippen molar-refractivity contribution in [2.24, 2.45) is 5.10 Å². The summed E-state index contributed by atoms with van der Waals surface area (Å²) in [5.41, 5.74) is 5.39. The minimum absolute atomic E-state index is 0.322. The number of nitrogens with zero attached hydrogens (tertiary/aromatic N) is 1. The first-order valence-electron chi connectivity index (χ1n) is 10.1. The molecule has 3 aromatic carbocycles. The lowest BCUT2D eigenvalue weighted by atomic mass is 10.2. The Labute approximate surface area is 183 Å². The van der Waals surface area contributed by atoms with E-state index in [4.69, 9.17) is 9.47 Å². The number of carbonyl (C=O) groups is 1. The fraction of sp³-hybridized carbons (Fsp3) is 0.154. The summed E-state index contributed by atoms with van der Waals surface area (Å²) in [7, 11) is 0. The van der Waals surface area contributed by atoms with E-state index in [1.165, 1.54) is 0 Å². The maximum Gasteiger partial charge on any atom is 0.280 e. The van der Waals surface area contributed by atoms with Crippen molar-refractivity contribution in [3.63, 3.8) is 0 Å². The number of hydrogen-bond donors (Lipinski definition) is 1. The van der Waals surface area contributed by atoms with Gasteiger partial charge in [-0.3, -0.25) is 4.79 Å². The Kier molecular flexibility index (Phi) is 8.00. The molecule has 1 amide bonds. The van der Waals surface area contributed by atoms with Gasteiger partial charge >= 0.3 is 0 Å². The Morgan fingerprint density at radius 1 is 0.935 bits per heavy atom. The monoisotopic (exact) mass is 414 g/mol. The van der Waals surface area contributed by atoms with E-state index >= 15 is 0 Å². The van der Waals surface area contributed by atoms with Crippen LogP contribution in [0.2, 0.25) is 0 Å². The summed E-state index contributed by atoms with van der Waals surface area (Å²) in [6, 6.07) is 27.0. The molecule has 0 bridgehead atoms. The van der Waals surface area contributed by atoms with Crippen LogP contribution in [0.5, 0.6) is 11.5 Å². The smallest absolute Gasteiger partial charge is 0.280 e. The molecule has 0 spiro atoms. The molecule has 1 N–H and O–H groups in total. The first-order valence-corrected chi connectivity index (χ1v) is 10.1. The van der Waals surface area contributed by atoms with E-state index in [9.17, 15) is 4.79 Å². The summed E-state index contributed by atoms with van der Waals surface area (Å²) in [6.45, 7) is 4.00. The molecule has 0 aromatic heterocycles. The zero-order chi connectivity index (χ0) is 21.9. The van der Waals surface area contributed by atoms with Crippen LogP contribution in [0.15, 0.2) is 96.1 Å².